The smallest absolute Gasteiger partial charge is 0.255 e. The van der Waals surface area contributed by atoms with Gasteiger partial charge < -0.3 is 24.9 Å². The number of ether oxygens (including phenoxy) is 2. The normalized spacial score (nSPS) is 12.8. The predicted molar refractivity (Wildman–Crippen MR) is 139 cm³/mol. The molecule has 7 heteroatoms. The van der Waals surface area contributed by atoms with E-state index in [-0.39, 0.29) is 18.4 Å². The largest absolute Gasteiger partial charge is 0.497 e. The average molecular weight is 491 g/mol. The van der Waals surface area contributed by atoms with Crippen molar-refractivity contribution in [2.75, 3.05) is 20.3 Å². The second-order valence-corrected chi connectivity index (χ2v) is 8.78. The molecule has 2 atom stereocenters. The van der Waals surface area contributed by atoms with Crippen molar-refractivity contribution in [2.45, 2.75) is 32.2 Å². The number of hydrogen-bond acceptors (Lipinski definition) is 4. The molecule has 0 aliphatic rings. The Morgan fingerprint density at radius 3 is 2.67 bits per heavy atom. The lowest BCUT2D eigenvalue weighted by molar-refractivity contribution is 0.0903. The minimum absolute atomic E-state index is 0.161. The van der Waals surface area contributed by atoms with E-state index in [1.807, 2.05) is 44.3 Å². The SMILES string of the molecule is CCCOc1ccc(-c2cc(F)cc(OC)c2)cc1C(=O)NC(CO)[C@H](C)c1c[nH]c2ccccc12. The van der Waals surface area contributed by atoms with Crippen LogP contribution in [0, 0.1) is 5.82 Å². The second kappa shape index (κ2) is 11.3. The number of aromatic amines is 1. The number of carbonyl (C=O) groups is 1. The molecule has 0 bridgehead atoms. The van der Waals surface area contributed by atoms with Crippen molar-refractivity contribution >= 4 is 16.8 Å². The molecule has 1 aromatic heterocycles. The third-order valence-corrected chi connectivity index (χ3v) is 6.35. The third-order valence-electron chi connectivity index (χ3n) is 6.35. The van der Waals surface area contributed by atoms with Gasteiger partial charge in [-0.15, -0.1) is 0 Å². The number of rotatable bonds is 10. The number of hydrogen-bond donors (Lipinski definition) is 3. The van der Waals surface area contributed by atoms with Gasteiger partial charge in [0.1, 0.15) is 17.3 Å². The van der Waals surface area contributed by atoms with Crippen molar-refractivity contribution in [3.05, 3.63) is 83.8 Å². The number of carbonyl (C=O) groups excluding carboxylic acids is 1. The lowest BCUT2D eigenvalue weighted by Gasteiger charge is -2.24. The first-order valence-corrected chi connectivity index (χ1v) is 12.0. The molecule has 188 valence electrons. The Hall–Kier alpha value is -3.84. The molecule has 0 aliphatic carbocycles. The molecular formula is C29H31FN2O4. The molecule has 0 spiro atoms. The van der Waals surface area contributed by atoms with E-state index in [9.17, 15) is 14.3 Å². The van der Waals surface area contributed by atoms with Gasteiger partial charge in [-0.2, -0.15) is 0 Å². The third kappa shape index (κ3) is 5.36. The van der Waals surface area contributed by atoms with E-state index in [0.29, 0.717) is 34.8 Å². The molecule has 36 heavy (non-hydrogen) atoms. The molecule has 4 rings (SSSR count). The summed E-state index contributed by atoms with van der Waals surface area (Å²) in [7, 11) is 1.48. The maximum Gasteiger partial charge on any atom is 0.255 e. The summed E-state index contributed by atoms with van der Waals surface area (Å²) < 4.78 is 25.2. The number of nitrogens with one attached hydrogen (secondary N) is 2. The molecule has 0 saturated carbocycles. The maximum atomic E-state index is 14.1. The summed E-state index contributed by atoms with van der Waals surface area (Å²) in [4.78, 5) is 16.7. The van der Waals surface area contributed by atoms with Crippen molar-refractivity contribution in [2.24, 2.45) is 0 Å². The highest BCUT2D eigenvalue weighted by atomic mass is 19.1. The number of halogens is 1. The van der Waals surface area contributed by atoms with Gasteiger partial charge in [-0.3, -0.25) is 4.79 Å². The summed E-state index contributed by atoms with van der Waals surface area (Å²) in [5.41, 5.74) is 3.54. The molecule has 3 N–H and O–H groups in total. The van der Waals surface area contributed by atoms with Crippen LogP contribution in [0.2, 0.25) is 0 Å². The van der Waals surface area contributed by atoms with Gasteiger partial charge in [-0.25, -0.2) is 4.39 Å². The minimum atomic E-state index is -0.534. The number of amides is 1. The van der Waals surface area contributed by atoms with Crippen molar-refractivity contribution in [1.29, 1.82) is 0 Å². The molecule has 0 fully saturated rings. The fourth-order valence-corrected chi connectivity index (χ4v) is 4.33. The monoisotopic (exact) mass is 490 g/mol. The summed E-state index contributed by atoms with van der Waals surface area (Å²) in [6.07, 6.45) is 2.69. The molecule has 1 unspecified atom stereocenters. The first-order valence-electron chi connectivity index (χ1n) is 12.0. The Bertz CT molecular complexity index is 1350. The van der Waals surface area contributed by atoms with Crippen LogP contribution in [-0.2, 0) is 0 Å². The van der Waals surface area contributed by atoms with Gasteiger partial charge >= 0.3 is 0 Å². The highest BCUT2D eigenvalue weighted by Gasteiger charge is 2.25. The van der Waals surface area contributed by atoms with E-state index in [1.165, 1.54) is 19.2 Å². The lowest BCUT2D eigenvalue weighted by atomic mass is 9.93. The summed E-state index contributed by atoms with van der Waals surface area (Å²) >= 11 is 0. The maximum absolute atomic E-state index is 14.1. The first-order chi connectivity index (χ1) is 17.4. The predicted octanol–water partition coefficient (Wildman–Crippen LogP) is 5.67. The van der Waals surface area contributed by atoms with Crippen LogP contribution in [0.3, 0.4) is 0 Å². The Balaban J connectivity index is 1.65. The van der Waals surface area contributed by atoms with Crippen LogP contribution in [0.15, 0.2) is 66.9 Å². The van der Waals surface area contributed by atoms with Gasteiger partial charge in [0.2, 0.25) is 0 Å². The zero-order chi connectivity index (χ0) is 25.7. The van der Waals surface area contributed by atoms with E-state index >= 15 is 0 Å². The van der Waals surface area contributed by atoms with Crippen LogP contribution in [-0.4, -0.2) is 42.4 Å². The molecular weight excluding hydrogens is 459 g/mol. The fourth-order valence-electron chi connectivity index (χ4n) is 4.33. The van der Waals surface area contributed by atoms with Crippen LogP contribution in [0.1, 0.15) is 42.1 Å². The fraction of sp³-hybridized carbons (Fsp3) is 0.276. The van der Waals surface area contributed by atoms with Gasteiger partial charge in [0, 0.05) is 29.1 Å². The van der Waals surface area contributed by atoms with Crippen LogP contribution < -0.4 is 14.8 Å². The number of aliphatic hydroxyl groups is 1. The van der Waals surface area contributed by atoms with Gasteiger partial charge in [-0.05, 0) is 53.4 Å². The number of aromatic nitrogens is 1. The van der Waals surface area contributed by atoms with E-state index in [4.69, 9.17) is 9.47 Å². The van der Waals surface area contributed by atoms with Gasteiger partial charge in [-0.1, -0.05) is 38.1 Å². The van der Waals surface area contributed by atoms with E-state index in [2.05, 4.69) is 10.3 Å². The molecule has 4 aromatic rings. The number of H-pyrrole nitrogens is 1. The van der Waals surface area contributed by atoms with Crippen molar-refractivity contribution in [1.82, 2.24) is 10.3 Å². The Kier molecular flexibility index (Phi) is 7.90. The average Bonchev–Trinajstić information content (AvgIpc) is 3.33. The van der Waals surface area contributed by atoms with Crippen molar-refractivity contribution in [3.63, 3.8) is 0 Å². The molecule has 1 amide bonds. The Labute approximate surface area is 210 Å². The number of benzene rings is 3. The minimum Gasteiger partial charge on any atom is -0.497 e. The zero-order valence-electron chi connectivity index (χ0n) is 20.7. The van der Waals surface area contributed by atoms with E-state index in [1.54, 1.807) is 24.3 Å². The summed E-state index contributed by atoms with van der Waals surface area (Å²) in [6.45, 7) is 4.17. The number of fused-ring (bicyclic) bond motifs is 1. The highest BCUT2D eigenvalue weighted by molar-refractivity contribution is 5.98. The molecule has 3 aromatic carbocycles. The van der Waals surface area contributed by atoms with Gasteiger partial charge in [0.05, 0.1) is 31.9 Å². The van der Waals surface area contributed by atoms with Crippen LogP contribution in [0.5, 0.6) is 11.5 Å². The van der Waals surface area contributed by atoms with Crippen LogP contribution >= 0.6 is 0 Å². The van der Waals surface area contributed by atoms with Gasteiger partial charge in [0.25, 0.3) is 5.91 Å². The van der Waals surface area contributed by atoms with Crippen molar-refractivity contribution in [3.8, 4) is 22.6 Å². The zero-order valence-corrected chi connectivity index (χ0v) is 20.7. The molecule has 1 heterocycles. The molecule has 0 radical (unpaired) electrons. The quantitative estimate of drug-likeness (QED) is 0.268. The number of aliphatic hydroxyl groups excluding tert-OH is 1. The number of para-hydroxylation sites is 1. The number of methoxy groups -OCH3 is 1. The van der Waals surface area contributed by atoms with Gasteiger partial charge in [0.15, 0.2) is 0 Å². The Morgan fingerprint density at radius 2 is 1.92 bits per heavy atom. The highest BCUT2D eigenvalue weighted by Crippen LogP contribution is 2.31. The van der Waals surface area contributed by atoms with Crippen LogP contribution in [0.25, 0.3) is 22.0 Å². The van der Waals surface area contributed by atoms with Crippen LogP contribution in [0.4, 0.5) is 4.39 Å². The molecule has 6 nitrogen and oxygen atoms in total. The summed E-state index contributed by atoms with van der Waals surface area (Å²) in [6, 6.07) is 17.0. The molecule has 0 aliphatic heterocycles. The van der Waals surface area contributed by atoms with E-state index in [0.717, 1.165) is 22.9 Å². The first kappa shape index (κ1) is 25.3. The lowest BCUT2D eigenvalue weighted by Crippen LogP contribution is -2.41. The summed E-state index contributed by atoms with van der Waals surface area (Å²) in [5.74, 6) is -0.162. The topological polar surface area (TPSA) is 83.6 Å². The second-order valence-electron chi connectivity index (χ2n) is 8.78. The standard InChI is InChI=1S/C29H31FN2O4/c1-4-11-36-28-10-9-19(20-12-21(30)15-22(13-20)35-3)14-24(28)29(34)32-27(17-33)18(2)25-16-31-26-8-6-5-7-23(25)26/h5-10,12-16,18,27,31,33H,4,11,17H2,1-3H3,(H,32,34)/t18-,27?/m1/s1. The summed E-state index contributed by atoms with van der Waals surface area (Å²) in [5, 5.41) is 14.2. The Morgan fingerprint density at radius 1 is 1.11 bits per heavy atom. The van der Waals surface area contributed by atoms with E-state index < -0.39 is 11.9 Å². The molecule has 0 saturated heterocycles. The van der Waals surface area contributed by atoms with Crippen molar-refractivity contribution < 1.29 is 23.8 Å².